The van der Waals surface area contributed by atoms with E-state index in [-0.39, 0.29) is 12.1 Å². The van der Waals surface area contributed by atoms with Gasteiger partial charge in [0, 0.05) is 20.7 Å². The standard InChI is InChI=1S/C16H24N2O2/c1-18(11-12-20-2)16(19)17-15-10-6-4-8-13-7-3-5-9-14(13)15/h3,5,7,9,15H,4,6,8,10-12H2,1-2H3,(H,17,19)/t15-/m0/s1. The number of benzene rings is 1. The van der Waals surface area contributed by atoms with Gasteiger partial charge in [-0.2, -0.15) is 0 Å². The molecule has 2 amide bonds. The van der Waals surface area contributed by atoms with Gasteiger partial charge in [-0.15, -0.1) is 0 Å². The van der Waals surface area contributed by atoms with Crippen LogP contribution < -0.4 is 5.32 Å². The summed E-state index contributed by atoms with van der Waals surface area (Å²) in [7, 11) is 3.45. The number of rotatable bonds is 4. The molecule has 0 unspecified atom stereocenters. The van der Waals surface area contributed by atoms with Crippen molar-refractivity contribution in [3.63, 3.8) is 0 Å². The molecular weight excluding hydrogens is 252 g/mol. The van der Waals surface area contributed by atoms with Gasteiger partial charge >= 0.3 is 6.03 Å². The van der Waals surface area contributed by atoms with E-state index in [1.807, 2.05) is 0 Å². The van der Waals surface area contributed by atoms with Gasteiger partial charge in [0.2, 0.25) is 0 Å². The zero-order valence-electron chi connectivity index (χ0n) is 12.4. The molecule has 110 valence electrons. The van der Waals surface area contributed by atoms with Crippen LogP contribution in [0.4, 0.5) is 4.79 Å². The van der Waals surface area contributed by atoms with Crippen LogP contribution >= 0.6 is 0 Å². The highest BCUT2D eigenvalue weighted by molar-refractivity contribution is 5.74. The lowest BCUT2D eigenvalue weighted by molar-refractivity contribution is 0.157. The fraction of sp³-hybridized carbons (Fsp3) is 0.562. The summed E-state index contributed by atoms with van der Waals surface area (Å²) in [6.07, 6.45) is 4.48. The number of likely N-dealkylation sites (N-methyl/N-ethyl adjacent to an activating group) is 1. The molecule has 1 atom stereocenters. The summed E-state index contributed by atoms with van der Waals surface area (Å²) in [4.78, 5) is 13.9. The summed E-state index contributed by atoms with van der Waals surface area (Å²) in [6, 6.07) is 8.55. The van der Waals surface area contributed by atoms with Crippen molar-refractivity contribution in [1.82, 2.24) is 10.2 Å². The molecule has 0 fully saturated rings. The average Bonchev–Trinajstić information content (AvgIpc) is 2.67. The molecular formula is C16H24N2O2. The molecule has 1 aromatic rings. The number of aryl methyl sites for hydroxylation is 1. The molecule has 0 radical (unpaired) electrons. The van der Waals surface area contributed by atoms with Crippen LogP contribution in [0, 0.1) is 0 Å². The van der Waals surface area contributed by atoms with Crippen LogP contribution in [-0.2, 0) is 11.2 Å². The van der Waals surface area contributed by atoms with Gasteiger partial charge in [-0.3, -0.25) is 0 Å². The van der Waals surface area contributed by atoms with Crippen molar-refractivity contribution in [2.75, 3.05) is 27.3 Å². The first-order valence-corrected chi connectivity index (χ1v) is 7.30. The van der Waals surface area contributed by atoms with Crippen molar-refractivity contribution in [1.29, 1.82) is 0 Å². The fourth-order valence-electron chi connectivity index (χ4n) is 2.66. The monoisotopic (exact) mass is 276 g/mol. The summed E-state index contributed by atoms with van der Waals surface area (Å²) in [6.45, 7) is 1.17. The lowest BCUT2D eigenvalue weighted by Crippen LogP contribution is -2.40. The summed E-state index contributed by atoms with van der Waals surface area (Å²) in [5.74, 6) is 0. The summed E-state index contributed by atoms with van der Waals surface area (Å²) >= 11 is 0. The number of hydrogen-bond acceptors (Lipinski definition) is 2. The first-order chi connectivity index (χ1) is 9.72. The van der Waals surface area contributed by atoms with E-state index in [1.165, 1.54) is 17.5 Å². The minimum atomic E-state index is -0.0243. The number of ether oxygens (including phenoxy) is 1. The van der Waals surface area contributed by atoms with E-state index in [2.05, 4.69) is 29.6 Å². The Morgan fingerprint density at radius 1 is 1.40 bits per heavy atom. The minimum Gasteiger partial charge on any atom is -0.383 e. The highest BCUT2D eigenvalue weighted by Gasteiger charge is 2.21. The molecule has 20 heavy (non-hydrogen) atoms. The molecule has 0 saturated carbocycles. The molecule has 2 rings (SSSR count). The second-order valence-electron chi connectivity index (χ2n) is 5.36. The van der Waals surface area contributed by atoms with Crippen LogP contribution in [-0.4, -0.2) is 38.2 Å². The minimum absolute atomic E-state index is 0.0243. The maximum atomic E-state index is 12.2. The van der Waals surface area contributed by atoms with Crippen molar-refractivity contribution in [3.05, 3.63) is 35.4 Å². The van der Waals surface area contributed by atoms with Crippen molar-refractivity contribution in [2.45, 2.75) is 31.7 Å². The number of nitrogens with one attached hydrogen (secondary N) is 1. The van der Waals surface area contributed by atoms with E-state index in [4.69, 9.17) is 4.74 Å². The molecule has 0 heterocycles. The smallest absolute Gasteiger partial charge is 0.317 e. The molecule has 1 aromatic carbocycles. The van der Waals surface area contributed by atoms with Gasteiger partial charge in [0.25, 0.3) is 0 Å². The largest absolute Gasteiger partial charge is 0.383 e. The maximum Gasteiger partial charge on any atom is 0.317 e. The van der Waals surface area contributed by atoms with Crippen molar-refractivity contribution >= 4 is 6.03 Å². The Labute approximate surface area is 121 Å². The molecule has 1 aliphatic rings. The predicted octanol–water partition coefficient (Wildman–Crippen LogP) is 2.74. The maximum absolute atomic E-state index is 12.2. The van der Waals surface area contributed by atoms with Gasteiger partial charge < -0.3 is 15.0 Å². The number of urea groups is 1. The van der Waals surface area contributed by atoms with E-state index < -0.39 is 0 Å². The second kappa shape index (κ2) is 7.29. The van der Waals surface area contributed by atoms with Crippen molar-refractivity contribution in [3.8, 4) is 0 Å². The topological polar surface area (TPSA) is 41.6 Å². The molecule has 0 spiro atoms. The van der Waals surface area contributed by atoms with Crippen molar-refractivity contribution < 1.29 is 9.53 Å². The van der Waals surface area contributed by atoms with Crippen LogP contribution in [0.15, 0.2) is 24.3 Å². The van der Waals surface area contributed by atoms with E-state index in [9.17, 15) is 4.79 Å². The zero-order valence-corrected chi connectivity index (χ0v) is 12.4. The van der Waals surface area contributed by atoms with E-state index in [0.29, 0.717) is 13.2 Å². The third-order valence-corrected chi connectivity index (χ3v) is 3.89. The van der Waals surface area contributed by atoms with Gasteiger partial charge in [-0.1, -0.05) is 30.7 Å². The predicted molar refractivity (Wildman–Crippen MR) is 79.8 cm³/mol. The number of carbonyl (C=O) groups excluding carboxylic acids is 1. The quantitative estimate of drug-likeness (QED) is 0.859. The lowest BCUT2D eigenvalue weighted by atomic mass is 9.99. The molecule has 0 bridgehead atoms. The van der Waals surface area contributed by atoms with E-state index in [0.717, 1.165) is 19.3 Å². The molecule has 1 N–H and O–H groups in total. The highest BCUT2D eigenvalue weighted by atomic mass is 16.5. The van der Waals surface area contributed by atoms with Gasteiger partial charge in [0.1, 0.15) is 0 Å². The normalized spacial score (nSPS) is 18.0. The fourth-order valence-corrected chi connectivity index (χ4v) is 2.66. The highest BCUT2D eigenvalue weighted by Crippen LogP contribution is 2.28. The number of methoxy groups -OCH3 is 1. The van der Waals surface area contributed by atoms with Crippen LogP contribution in [0.1, 0.15) is 36.4 Å². The summed E-state index contributed by atoms with van der Waals surface area (Å²) < 4.78 is 5.01. The number of nitrogens with zero attached hydrogens (tertiary/aromatic N) is 1. The SMILES string of the molecule is COCCN(C)C(=O)N[C@H]1CCCCc2ccccc21. The van der Waals surface area contributed by atoms with Gasteiger partial charge in [0.15, 0.2) is 0 Å². The van der Waals surface area contributed by atoms with Gasteiger partial charge in [-0.05, 0) is 30.4 Å². The third kappa shape index (κ3) is 3.73. The Hall–Kier alpha value is -1.55. The Balaban J connectivity index is 2.03. The number of fused-ring (bicyclic) bond motifs is 1. The summed E-state index contributed by atoms with van der Waals surface area (Å²) in [5, 5.41) is 3.16. The number of hydrogen-bond donors (Lipinski definition) is 1. The molecule has 4 heteroatoms. The number of amides is 2. The van der Waals surface area contributed by atoms with Gasteiger partial charge in [-0.25, -0.2) is 4.79 Å². The Morgan fingerprint density at radius 2 is 2.20 bits per heavy atom. The van der Waals surface area contributed by atoms with Crippen LogP contribution in [0.3, 0.4) is 0 Å². The van der Waals surface area contributed by atoms with Crippen molar-refractivity contribution in [2.24, 2.45) is 0 Å². The van der Waals surface area contributed by atoms with E-state index >= 15 is 0 Å². The molecule has 0 aromatic heterocycles. The summed E-state index contributed by atoms with van der Waals surface area (Å²) in [5.41, 5.74) is 2.65. The lowest BCUT2D eigenvalue weighted by Gasteiger charge is -2.24. The molecule has 0 saturated heterocycles. The van der Waals surface area contributed by atoms with Crippen LogP contribution in [0.25, 0.3) is 0 Å². The van der Waals surface area contributed by atoms with Crippen LogP contribution in [0.5, 0.6) is 0 Å². The first kappa shape index (κ1) is 14.9. The first-order valence-electron chi connectivity index (χ1n) is 7.30. The Kier molecular flexibility index (Phi) is 5.41. The van der Waals surface area contributed by atoms with Gasteiger partial charge in [0.05, 0.1) is 12.6 Å². The number of carbonyl (C=O) groups is 1. The van der Waals surface area contributed by atoms with Crippen LogP contribution in [0.2, 0.25) is 0 Å². The zero-order chi connectivity index (χ0) is 14.4. The average molecular weight is 276 g/mol. The second-order valence-corrected chi connectivity index (χ2v) is 5.36. The molecule has 0 aliphatic heterocycles. The van der Waals surface area contributed by atoms with E-state index in [1.54, 1.807) is 19.1 Å². The Morgan fingerprint density at radius 3 is 3.00 bits per heavy atom. The third-order valence-electron chi connectivity index (χ3n) is 3.89. The molecule has 1 aliphatic carbocycles. The Bertz CT molecular complexity index is 448. The molecule has 4 nitrogen and oxygen atoms in total.